The highest BCUT2D eigenvalue weighted by atomic mass is 79.9. The summed E-state index contributed by atoms with van der Waals surface area (Å²) in [5, 5.41) is 9.03. The van der Waals surface area contributed by atoms with Crippen molar-refractivity contribution in [2.24, 2.45) is 7.05 Å². The fourth-order valence-electron chi connectivity index (χ4n) is 2.66. The molecular formula is C16H17BrN4. The number of pyridine rings is 1. The molecule has 0 amide bonds. The summed E-state index contributed by atoms with van der Waals surface area (Å²) in [7, 11) is 1.96. The number of hydrogen-bond donors (Lipinski definition) is 1. The lowest BCUT2D eigenvalue weighted by Crippen LogP contribution is -2.25. The predicted molar refractivity (Wildman–Crippen MR) is 88.2 cm³/mol. The minimum absolute atomic E-state index is 0.0514. The quantitative estimate of drug-likeness (QED) is 0.788. The molecule has 0 aliphatic heterocycles. The number of para-hydroxylation sites is 1. The van der Waals surface area contributed by atoms with Crippen molar-refractivity contribution in [3.63, 3.8) is 0 Å². The standard InChI is InChI=1S/C16H17BrN4/c1-3-18-15(16-13(17)10-20-21(16)2)12-8-4-6-11-7-5-9-19-14(11)12/h4-10,15,18H,3H2,1-2H3. The van der Waals surface area contributed by atoms with Gasteiger partial charge in [0.1, 0.15) is 0 Å². The number of fused-ring (bicyclic) bond motifs is 1. The van der Waals surface area contributed by atoms with Gasteiger partial charge < -0.3 is 5.32 Å². The third-order valence-corrected chi connectivity index (χ3v) is 4.21. The van der Waals surface area contributed by atoms with Crippen molar-refractivity contribution in [3.8, 4) is 0 Å². The van der Waals surface area contributed by atoms with Crippen molar-refractivity contribution >= 4 is 26.8 Å². The molecule has 0 radical (unpaired) electrons. The summed E-state index contributed by atoms with van der Waals surface area (Å²) in [4.78, 5) is 4.57. The number of benzene rings is 1. The first kappa shape index (κ1) is 14.2. The minimum atomic E-state index is 0.0514. The van der Waals surface area contributed by atoms with E-state index < -0.39 is 0 Å². The Morgan fingerprint density at radius 3 is 2.81 bits per heavy atom. The number of rotatable bonds is 4. The van der Waals surface area contributed by atoms with Crippen LogP contribution in [0.5, 0.6) is 0 Å². The fourth-order valence-corrected chi connectivity index (χ4v) is 3.24. The summed E-state index contributed by atoms with van der Waals surface area (Å²) < 4.78 is 2.91. The van der Waals surface area contributed by atoms with Gasteiger partial charge in [-0.25, -0.2) is 0 Å². The van der Waals surface area contributed by atoms with Crippen LogP contribution in [-0.4, -0.2) is 21.3 Å². The number of aryl methyl sites for hydroxylation is 1. The molecule has 5 heteroatoms. The first-order chi connectivity index (χ1) is 10.2. The van der Waals surface area contributed by atoms with E-state index in [4.69, 9.17) is 0 Å². The zero-order valence-corrected chi connectivity index (χ0v) is 13.6. The maximum Gasteiger partial charge on any atom is 0.0780 e. The summed E-state index contributed by atoms with van der Waals surface area (Å²) in [5.74, 6) is 0. The van der Waals surface area contributed by atoms with Gasteiger partial charge in [0.2, 0.25) is 0 Å². The third-order valence-electron chi connectivity index (χ3n) is 3.59. The van der Waals surface area contributed by atoms with Crippen molar-refractivity contribution in [1.29, 1.82) is 0 Å². The van der Waals surface area contributed by atoms with Crippen molar-refractivity contribution < 1.29 is 0 Å². The van der Waals surface area contributed by atoms with Crippen LogP contribution in [0.1, 0.15) is 24.2 Å². The number of aromatic nitrogens is 3. The van der Waals surface area contributed by atoms with Gasteiger partial charge >= 0.3 is 0 Å². The number of nitrogens with zero attached hydrogens (tertiary/aromatic N) is 3. The van der Waals surface area contributed by atoms with E-state index >= 15 is 0 Å². The lowest BCUT2D eigenvalue weighted by Gasteiger charge is -2.20. The van der Waals surface area contributed by atoms with E-state index in [0.717, 1.165) is 27.6 Å². The molecule has 0 fully saturated rings. The second-order valence-electron chi connectivity index (χ2n) is 4.91. The Balaban J connectivity index is 2.21. The van der Waals surface area contributed by atoms with Crippen LogP contribution in [0.3, 0.4) is 0 Å². The van der Waals surface area contributed by atoms with E-state index in [-0.39, 0.29) is 6.04 Å². The maximum atomic E-state index is 4.57. The van der Waals surface area contributed by atoms with Crippen LogP contribution in [0.25, 0.3) is 10.9 Å². The molecule has 0 aliphatic carbocycles. The molecule has 21 heavy (non-hydrogen) atoms. The van der Waals surface area contributed by atoms with E-state index in [1.54, 1.807) is 0 Å². The zero-order chi connectivity index (χ0) is 14.8. The van der Waals surface area contributed by atoms with E-state index in [9.17, 15) is 0 Å². The summed E-state index contributed by atoms with van der Waals surface area (Å²) in [6.45, 7) is 2.97. The molecule has 0 saturated heterocycles. The topological polar surface area (TPSA) is 42.7 Å². The van der Waals surface area contributed by atoms with Crippen molar-refractivity contribution in [1.82, 2.24) is 20.1 Å². The Morgan fingerprint density at radius 1 is 1.29 bits per heavy atom. The highest BCUT2D eigenvalue weighted by molar-refractivity contribution is 9.10. The Labute approximate surface area is 132 Å². The molecule has 3 aromatic rings. The van der Waals surface area contributed by atoms with Crippen LogP contribution in [0.15, 0.2) is 47.2 Å². The highest BCUT2D eigenvalue weighted by Gasteiger charge is 2.22. The molecule has 0 spiro atoms. The van der Waals surface area contributed by atoms with Gasteiger partial charge in [-0.2, -0.15) is 5.10 Å². The molecule has 2 aromatic heterocycles. The average Bonchev–Trinajstić information content (AvgIpc) is 2.84. The predicted octanol–water partition coefficient (Wildman–Crippen LogP) is 3.43. The Hall–Kier alpha value is -1.72. The monoisotopic (exact) mass is 344 g/mol. The molecule has 4 nitrogen and oxygen atoms in total. The molecule has 2 heterocycles. The van der Waals surface area contributed by atoms with Crippen molar-refractivity contribution in [2.75, 3.05) is 6.54 Å². The Morgan fingerprint density at radius 2 is 2.10 bits per heavy atom. The van der Waals surface area contributed by atoms with Gasteiger partial charge in [-0.1, -0.05) is 31.2 Å². The van der Waals surface area contributed by atoms with Gasteiger partial charge in [0, 0.05) is 24.2 Å². The van der Waals surface area contributed by atoms with E-state index in [0.29, 0.717) is 0 Å². The number of nitrogens with one attached hydrogen (secondary N) is 1. The summed E-state index contributed by atoms with van der Waals surface area (Å²) in [6.07, 6.45) is 3.67. The van der Waals surface area contributed by atoms with E-state index in [1.807, 2.05) is 30.2 Å². The molecule has 1 unspecified atom stereocenters. The van der Waals surface area contributed by atoms with Crippen molar-refractivity contribution in [2.45, 2.75) is 13.0 Å². The molecule has 1 N–H and O–H groups in total. The van der Waals surface area contributed by atoms with Gasteiger partial charge in [0.25, 0.3) is 0 Å². The summed E-state index contributed by atoms with van der Waals surface area (Å²) >= 11 is 3.61. The normalized spacial score (nSPS) is 12.7. The van der Waals surface area contributed by atoms with Crippen LogP contribution in [-0.2, 0) is 7.05 Å². The molecule has 0 aliphatic rings. The van der Waals surface area contributed by atoms with E-state index in [1.165, 1.54) is 5.56 Å². The molecule has 1 aromatic carbocycles. The first-order valence-electron chi connectivity index (χ1n) is 6.96. The molecular weight excluding hydrogens is 328 g/mol. The zero-order valence-electron chi connectivity index (χ0n) is 12.0. The van der Waals surface area contributed by atoms with Crippen LogP contribution >= 0.6 is 15.9 Å². The molecule has 1 atom stereocenters. The van der Waals surface area contributed by atoms with Crippen LogP contribution < -0.4 is 5.32 Å². The Bertz CT molecular complexity index is 741. The SMILES string of the molecule is CCNC(c1cccc2cccnc12)c1c(Br)cnn1C. The fraction of sp³-hybridized carbons (Fsp3) is 0.250. The van der Waals surface area contributed by atoms with Crippen LogP contribution in [0, 0.1) is 0 Å². The minimum Gasteiger partial charge on any atom is -0.305 e. The summed E-state index contributed by atoms with van der Waals surface area (Å²) in [6, 6.07) is 10.4. The lowest BCUT2D eigenvalue weighted by molar-refractivity contribution is 0.573. The molecule has 3 rings (SSSR count). The van der Waals surface area contributed by atoms with Crippen LogP contribution in [0.4, 0.5) is 0 Å². The first-order valence-corrected chi connectivity index (χ1v) is 7.76. The number of halogens is 1. The van der Waals surface area contributed by atoms with E-state index in [2.05, 4.69) is 62.5 Å². The van der Waals surface area contributed by atoms with Gasteiger partial charge in [-0.3, -0.25) is 9.67 Å². The largest absolute Gasteiger partial charge is 0.305 e. The lowest BCUT2D eigenvalue weighted by atomic mass is 10.00. The van der Waals surface area contributed by atoms with Crippen LogP contribution in [0.2, 0.25) is 0 Å². The third kappa shape index (κ3) is 2.59. The molecule has 0 saturated carbocycles. The molecule has 0 bridgehead atoms. The van der Waals surface area contributed by atoms with Gasteiger partial charge in [0.15, 0.2) is 0 Å². The smallest absolute Gasteiger partial charge is 0.0780 e. The summed E-state index contributed by atoms with van der Waals surface area (Å²) in [5.41, 5.74) is 3.30. The van der Waals surface area contributed by atoms with Gasteiger partial charge in [0.05, 0.1) is 27.9 Å². The van der Waals surface area contributed by atoms with Gasteiger partial charge in [-0.15, -0.1) is 0 Å². The number of hydrogen-bond acceptors (Lipinski definition) is 3. The van der Waals surface area contributed by atoms with Gasteiger partial charge in [-0.05, 0) is 28.5 Å². The molecule has 108 valence electrons. The highest BCUT2D eigenvalue weighted by Crippen LogP contribution is 2.31. The second-order valence-corrected chi connectivity index (χ2v) is 5.77. The van der Waals surface area contributed by atoms with Crippen molar-refractivity contribution in [3.05, 3.63) is 58.5 Å². The average molecular weight is 345 g/mol. The maximum absolute atomic E-state index is 4.57. The second kappa shape index (κ2) is 5.95. The Kier molecular flexibility index (Phi) is 4.03.